The van der Waals surface area contributed by atoms with Gasteiger partial charge in [0.25, 0.3) is 0 Å². The van der Waals surface area contributed by atoms with Gasteiger partial charge >= 0.3 is 5.97 Å². The molecule has 0 aromatic rings. The Morgan fingerprint density at radius 1 is 1.50 bits per heavy atom. The number of hydrogen-bond donors (Lipinski definition) is 3. The predicted octanol–water partition coefficient (Wildman–Crippen LogP) is 3.50. The number of fused-ring (bicyclic) bond motifs is 1. The molecule has 0 radical (unpaired) electrons. The lowest BCUT2D eigenvalue weighted by molar-refractivity contribution is -0.137. The number of aliphatic hydroxyl groups excluding tert-OH is 2. The van der Waals surface area contributed by atoms with Crippen LogP contribution in [-0.2, 0) is 4.79 Å². The molecule has 1 fully saturated rings. The smallest absolute Gasteiger partial charge is 0.303 e. The monoisotopic (exact) mass is 407 g/mol. The number of unbranched alkanes of at least 4 members (excludes halogenated alkanes) is 1. The van der Waals surface area contributed by atoms with Gasteiger partial charge < -0.3 is 15.3 Å². The number of aliphatic carboxylic acids is 1. The van der Waals surface area contributed by atoms with Crippen LogP contribution in [-0.4, -0.2) is 49.8 Å². The van der Waals surface area contributed by atoms with Crippen molar-refractivity contribution >= 4 is 22.8 Å². The third-order valence-corrected chi connectivity index (χ3v) is 7.03. The largest absolute Gasteiger partial charge is 0.481 e. The summed E-state index contributed by atoms with van der Waals surface area (Å²) in [5.41, 5.74) is -0.678. The number of nitrogens with zero attached hydrogens (tertiary/aromatic N) is 1. The minimum absolute atomic E-state index is 0.0314. The van der Waals surface area contributed by atoms with E-state index in [0.717, 1.165) is 24.3 Å². The minimum atomic E-state index is -0.786. The standard InChI is InChI=1S/C22H33NO4S/c1-4-6-8-15(3)18(24)11-10-16-17-13-20(28-12-7-9-21(26)27)23-22(17,5-2)14-19(16)25/h2,10-11,15-19,24-25H,4,6-9,12-14H2,1,3H3,(H,26,27)/b11-10+. The number of terminal acetylenes is 1. The molecule has 6 atom stereocenters. The number of thioether (sulfide) groups is 1. The summed E-state index contributed by atoms with van der Waals surface area (Å²) in [5, 5.41) is 30.7. The van der Waals surface area contributed by atoms with E-state index in [9.17, 15) is 15.0 Å². The van der Waals surface area contributed by atoms with Gasteiger partial charge in [0.05, 0.1) is 17.3 Å². The maximum Gasteiger partial charge on any atom is 0.303 e. The van der Waals surface area contributed by atoms with E-state index < -0.39 is 23.7 Å². The Morgan fingerprint density at radius 3 is 2.89 bits per heavy atom. The minimum Gasteiger partial charge on any atom is -0.481 e. The number of carboxylic acids is 1. The second kappa shape index (κ2) is 10.5. The average Bonchev–Trinajstić information content (AvgIpc) is 3.13. The van der Waals surface area contributed by atoms with E-state index in [4.69, 9.17) is 16.5 Å². The first-order valence-corrected chi connectivity index (χ1v) is 11.3. The highest BCUT2D eigenvalue weighted by molar-refractivity contribution is 8.13. The molecule has 5 nitrogen and oxygen atoms in total. The third-order valence-electron chi connectivity index (χ3n) is 5.94. The number of carboxylic acid groups (broad SMARTS) is 1. The Balaban J connectivity index is 1.99. The molecular formula is C22H33NO4S. The van der Waals surface area contributed by atoms with E-state index in [1.54, 1.807) is 11.8 Å². The van der Waals surface area contributed by atoms with Crippen LogP contribution in [0.25, 0.3) is 0 Å². The summed E-state index contributed by atoms with van der Waals surface area (Å²) in [7, 11) is 0. The summed E-state index contributed by atoms with van der Waals surface area (Å²) in [6, 6.07) is 0. The molecule has 0 amide bonds. The van der Waals surface area contributed by atoms with Crippen LogP contribution in [0.3, 0.4) is 0 Å². The highest BCUT2D eigenvalue weighted by atomic mass is 32.2. The van der Waals surface area contributed by atoms with Crippen LogP contribution in [0.15, 0.2) is 17.1 Å². The number of aliphatic hydroxyl groups is 2. The number of hydrogen-bond acceptors (Lipinski definition) is 5. The predicted molar refractivity (Wildman–Crippen MR) is 114 cm³/mol. The molecule has 2 rings (SSSR count). The van der Waals surface area contributed by atoms with E-state index >= 15 is 0 Å². The van der Waals surface area contributed by atoms with Gasteiger partial charge in [-0.3, -0.25) is 9.79 Å². The first-order valence-electron chi connectivity index (χ1n) is 10.3. The Hall–Kier alpha value is -1.29. The molecule has 0 bridgehead atoms. The molecular weight excluding hydrogens is 374 g/mol. The highest BCUT2D eigenvalue weighted by Crippen LogP contribution is 2.50. The van der Waals surface area contributed by atoms with Crippen molar-refractivity contribution in [2.75, 3.05) is 5.75 Å². The van der Waals surface area contributed by atoms with Crippen molar-refractivity contribution in [1.82, 2.24) is 0 Å². The Morgan fingerprint density at radius 2 is 2.25 bits per heavy atom. The quantitative estimate of drug-likeness (QED) is 0.293. The Kier molecular flexibility index (Phi) is 8.60. The molecule has 6 heteroatoms. The fraction of sp³-hybridized carbons (Fsp3) is 0.727. The second-order valence-corrected chi connectivity index (χ2v) is 9.24. The maximum absolute atomic E-state index is 10.6. The molecule has 0 saturated heterocycles. The topological polar surface area (TPSA) is 90.1 Å². The van der Waals surface area contributed by atoms with Crippen LogP contribution in [0.2, 0.25) is 0 Å². The van der Waals surface area contributed by atoms with Gasteiger partial charge in [-0.05, 0) is 24.5 Å². The third kappa shape index (κ3) is 5.62. The van der Waals surface area contributed by atoms with Crippen LogP contribution >= 0.6 is 11.8 Å². The number of rotatable bonds is 10. The van der Waals surface area contributed by atoms with Gasteiger partial charge in [0.1, 0.15) is 5.54 Å². The van der Waals surface area contributed by atoms with Crippen LogP contribution < -0.4 is 0 Å². The van der Waals surface area contributed by atoms with Gasteiger partial charge in [0.2, 0.25) is 0 Å². The lowest BCUT2D eigenvalue weighted by Crippen LogP contribution is -2.27. The van der Waals surface area contributed by atoms with Gasteiger partial charge in [0, 0.05) is 31.1 Å². The Bertz CT molecular complexity index is 641. The molecule has 156 valence electrons. The van der Waals surface area contributed by atoms with Gasteiger partial charge in [-0.25, -0.2) is 0 Å². The molecule has 0 aromatic heterocycles. The normalized spacial score (nSPS) is 31.4. The molecule has 1 aliphatic heterocycles. The van der Waals surface area contributed by atoms with Crippen LogP contribution in [0, 0.1) is 30.1 Å². The molecule has 2 aliphatic rings. The van der Waals surface area contributed by atoms with E-state index in [0.29, 0.717) is 25.0 Å². The molecule has 3 N–H and O–H groups in total. The zero-order chi connectivity index (χ0) is 20.7. The lowest BCUT2D eigenvalue weighted by atomic mass is 9.83. The van der Waals surface area contributed by atoms with E-state index in [1.807, 2.05) is 19.1 Å². The van der Waals surface area contributed by atoms with E-state index in [-0.39, 0.29) is 24.2 Å². The fourth-order valence-corrected chi connectivity index (χ4v) is 5.23. The summed E-state index contributed by atoms with van der Waals surface area (Å²) < 4.78 is 0. The van der Waals surface area contributed by atoms with Crippen molar-refractivity contribution in [1.29, 1.82) is 0 Å². The first kappa shape index (κ1) is 23.0. The van der Waals surface area contributed by atoms with Crippen LogP contribution in [0.5, 0.6) is 0 Å². The van der Waals surface area contributed by atoms with Gasteiger partial charge in [0.15, 0.2) is 0 Å². The zero-order valence-electron chi connectivity index (χ0n) is 16.9. The van der Waals surface area contributed by atoms with Crippen LogP contribution in [0.4, 0.5) is 0 Å². The maximum atomic E-state index is 10.6. The number of carbonyl (C=O) groups is 1. The first-order chi connectivity index (χ1) is 13.3. The van der Waals surface area contributed by atoms with Crippen molar-refractivity contribution in [3.63, 3.8) is 0 Å². The van der Waals surface area contributed by atoms with E-state index in [1.165, 1.54) is 0 Å². The van der Waals surface area contributed by atoms with Crippen molar-refractivity contribution in [3.8, 4) is 12.3 Å². The second-order valence-electron chi connectivity index (χ2n) is 8.07. The molecule has 0 aromatic carbocycles. The molecule has 1 saturated carbocycles. The van der Waals surface area contributed by atoms with Crippen molar-refractivity contribution < 1.29 is 20.1 Å². The Labute approximate surface area is 172 Å². The van der Waals surface area contributed by atoms with Crippen LogP contribution in [0.1, 0.15) is 58.8 Å². The lowest BCUT2D eigenvalue weighted by Gasteiger charge is -2.22. The highest BCUT2D eigenvalue weighted by Gasteiger charge is 2.55. The fourth-order valence-electron chi connectivity index (χ4n) is 4.18. The number of aliphatic imine (C=N–C) groups is 1. The summed E-state index contributed by atoms with van der Waals surface area (Å²) in [6.45, 7) is 4.19. The van der Waals surface area contributed by atoms with Crippen molar-refractivity contribution in [3.05, 3.63) is 12.2 Å². The average molecular weight is 408 g/mol. The van der Waals surface area contributed by atoms with Crippen molar-refractivity contribution in [2.24, 2.45) is 22.7 Å². The van der Waals surface area contributed by atoms with Gasteiger partial charge in [-0.15, -0.1) is 18.2 Å². The van der Waals surface area contributed by atoms with Gasteiger partial charge in [-0.1, -0.05) is 44.8 Å². The SMILES string of the molecule is C#CC12CC(O)C(/C=C/C(O)C(C)CCCC)C1CC(SCCCC(=O)O)=N2. The zero-order valence-corrected chi connectivity index (χ0v) is 17.7. The summed E-state index contributed by atoms with van der Waals surface area (Å²) in [4.78, 5) is 15.4. The molecule has 1 aliphatic carbocycles. The van der Waals surface area contributed by atoms with Gasteiger partial charge in [-0.2, -0.15) is 0 Å². The van der Waals surface area contributed by atoms with E-state index in [2.05, 4.69) is 12.8 Å². The molecule has 28 heavy (non-hydrogen) atoms. The summed E-state index contributed by atoms with van der Waals surface area (Å²) in [6.07, 6.45) is 13.6. The molecule has 0 spiro atoms. The summed E-state index contributed by atoms with van der Waals surface area (Å²) in [5.74, 6) is 2.84. The molecule has 1 heterocycles. The van der Waals surface area contributed by atoms with Crippen molar-refractivity contribution in [2.45, 2.75) is 76.5 Å². The molecule has 6 unspecified atom stereocenters. The summed E-state index contributed by atoms with van der Waals surface area (Å²) >= 11 is 1.57.